The van der Waals surface area contributed by atoms with E-state index < -0.39 is 0 Å². The molecule has 1 heteroatoms. The van der Waals surface area contributed by atoms with Crippen molar-refractivity contribution in [2.24, 2.45) is 11.3 Å². The molecule has 0 fully saturated rings. The fourth-order valence-electron chi connectivity index (χ4n) is 2.24. The van der Waals surface area contributed by atoms with Crippen LogP contribution in [-0.4, -0.2) is 7.05 Å². The van der Waals surface area contributed by atoms with Gasteiger partial charge in [0, 0.05) is 6.04 Å². The number of nitrogens with one attached hydrogen (secondary N) is 1. The van der Waals surface area contributed by atoms with Crippen molar-refractivity contribution in [3.05, 3.63) is 35.4 Å². The largest absolute Gasteiger partial charge is 0.313 e. The highest BCUT2D eigenvalue weighted by atomic mass is 14.9. The summed E-state index contributed by atoms with van der Waals surface area (Å²) in [7, 11) is 2.07. The minimum atomic E-state index is 0.368. The van der Waals surface area contributed by atoms with Crippen LogP contribution in [0.25, 0.3) is 0 Å². The summed E-state index contributed by atoms with van der Waals surface area (Å²) in [6, 6.07) is 9.56. The van der Waals surface area contributed by atoms with Crippen LogP contribution in [0.15, 0.2) is 24.3 Å². The summed E-state index contributed by atoms with van der Waals surface area (Å²) in [5.41, 5.74) is 3.19. The average molecular weight is 261 g/mol. The molecule has 1 nitrogen and oxygen atoms in total. The van der Waals surface area contributed by atoms with E-state index in [1.54, 1.807) is 0 Å². The molecule has 1 rings (SSSR count). The lowest BCUT2D eigenvalue weighted by Crippen LogP contribution is -2.25. The standard InChI is InChI=1S/C18H31N/c1-13(2)15-8-10-16(11-9-15)17(19-7)12-14(3)18(4,5)6/h8-11,13-14,17,19H,12H2,1-7H3. The van der Waals surface area contributed by atoms with Gasteiger partial charge in [0.2, 0.25) is 0 Å². The Morgan fingerprint density at radius 3 is 1.79 bits per heavy atom. The number of benzene rings is 1. The van der Waals surface area contributed by atoms with Crippen molar-refractivity contribution in [3.8, 4) is 0 Å². The second kappa shape index (κ2) is 6.56. The Kier molecular flexibility index (Phi) is 5.61. The first-order valence-corrected chi connectivity index (χ1v) is 7.52. The van der Waals surface area contributed by atoms with E-state index in [0.717, 1.165) is 0 Å². The van der Waals surface area contributed by atoms with Crippen LogP contribution in [0.3, 0.4) is 0 Å². The Labute approximate surface area is 119 Å². The van der Waals surface area contributed by atoms with E-state index in [-0.39, 0.29) is 0 Å². The molecule has 0 radical (unpaired) electrons. The van der Waals surface area contributed by atoms with Gasteiger partial charge in [0.1, 0.15) is 0 Å². The van der Waals surface area contributed by atoms with Gasteiger partial charge in [0.05, 0.1) is 0 Å². The molecule has 0 aromatic heterocycles. The van der Waals surface area contributed by atoms with Crippen molar-refractivity contribution in [1.82, 2.24) is 5.32 Å². The fraction of sp³-hybridized carbons (Fsp3) is 0.667. The highest BCUT2D eigenvalue weighted by Gasteiger charge is 2.23. The zero-order valence-corrected chi connectivity index (χ0v) is 13.7. The van der Waals surface area contributed by atoms with Gasteiger partial charge in [-0.3, -0.25) is 0 Å². The van der Waals surface area contributed by atoms with Gasteiger partial charge < -0.3 is 5.32 Å². The first kappa shape index (κ1) is 16.2. The van der Waals surface area contributed by atoms with Gasteiger partial charge in [0.15, 0.2) is 0 Å². The predicted octanol–water partition coefficient (Wildman–Crippen LogP) is 5.14. The molecular formula is C18H31N. The predicted molar refractivity (Wildman–Crippen MR) is 85.6 cm³/mol. The van der Waals surface area contributed by atoms with E-state index in [9.17, 15) is 0 Å². The average Bonchev–Trinajstić information content (AvgIpc) is 2.34. The summed E-state index contributed by atoms with van der Waals surface area (Å²) in [5.74, 6) is 1.30. The molecule has 1 N–H and O–H groups in total. The third-order valence-corrected chi connectivity index (χ3v) is 4.42. The molecule has 0 aliphatic rings. The minimum Gasteiger partial charge on any atom is -0.313 e. The quantitative estimate of drug-likeness (QED) is 0.773. The molecule has 0 spiro atoms. The maximum Gasteiger partial charge on any atom is 0.0320 e. The van der Waals surface area contributed by atoms with Crippen molar-refractivity contribution < 1.29 is 0 Å². The van der Waals surface area contributed by atoms with Crippen LogP contribution in [0.2, 0.25) is 0 Å². The normalized spacial score (nSPS) is 15.6. The molecule has 19 heavy (non-hydrogen) atoms. The maximum atomic E-state index is 3.47. The van der Waals surface area contributed by atoms with Crippen molar-refractivity contribution >= 4 is 0 Å². The SMILES string of the molecule is CNC(CC(C)C(C)(C)C)c1ccc(C(C)C)cc1. The lowest BCUT2D eigenvalue weighted by molar-refractivity contribution is 0.226. The Balaban J connectivity index is 2.80. The van der Waals surface area contributed by atoms with Crippen LogP contribution in [0.4, 0.5) is 0 Å². The third kappa shape index (κ3) is 4.65. The van der Waals surface area contributed by atoms with Gasteiger partial charge in [-0.1, -0.05) is 65.8 Å². The zero-order valence-electron chi connectivity index (χ0n) is 13.7. The van der Waals surface area contributed by atoms with Crippen LogP contribution >= 0.6 is 0 Å². The maximum absolute atomic E-state index is 3.47. The zero-order chi connectivity index (χ0) is 14.6. The van der Waals surface area contributed by atoms with Gasteiger partial charge in [0.25, 0.3) is 0 Å². The lowest BCUT2D eigenvalue weighted by Gasteiger charge is -2.31. The molecule has 1 aromatic rings. The number of rotatable bonds is 5. The Bertz CT molecular complexity index is 370. The smallest absolute Gasteiger partial charge is 0.0320 e. The van der Waals surface area contributed by atoms with Crippen LogP contribution < -0.4 is 5.32 Å². The second-order valence-electron chi connectivity index (χ2n) is 7.17. The van der Waals surface area contributed by atoms with Crippen molar-refractivity contribution in [2.75, 3.05) is 7.05 Å². The topological polar surface area (TPSA) is 12.0 Å². The molecule has 0 saturated heterocycles. The summed E-state index contributed by atoms with van der Waals surface area (Å²) in [6.07, 6.45) is 1.18. The van der Waals surface area contributed by atoms with Crippen LogP contribution in [-0.2, 0) is 0 Å². The van der Waals surface area contributed by atoms with Gasteiger partial charge in [-0.15, -0.1) is 0 Å². The summed E-state index contributed by atoms with van der Waals surface area (Å²) < 4.78 is 0. The molecule has 108 valence electrons. The molecule has 2 atom stereocenters. The molecular weight excluding hydrogens is 230 g/mol. The van der Waals surface area contributed by atoms with E-state index in [1.807, 2.05) is 0 Å². The molecule has 0 heterocycles. The summed E-state index contributed by atoms with van der Waals surface area (Å²) in [5, 5.41) is 3.47. The van der Waals surface area contributed by atoms with Crippen LogP contribution in [0.1, 0.15) is 71.0 Å². The monoisotopic (exact) mass is 261 g/mol. The molecule has 0 aliphatic carbocycles. The lowest BCUT2D eigenvalue weighted by atomic mass is 9.77. The molecule has 0 amide bonds. The van der Waals surface area contributed by atoms with E-state index in [4.69, 9.17) is 0 Å². The molecule has 2 unspecified atom stereocenters. The van der Waals surface area contributed by atoms with Crippen LogP contribution in [0, 0.1) is 11.3 Å². The summed E-state index contributed by atoms with van der Waals surface area (Å²) >= 11 is 0. The summed E-state index contributed by atoms with van der Waals surface area (Å²) in [6.45, 7) is 13.8. The number of hydrogen-bond donors (Lipinski definition) is 1. The van der Waals surface area contributed by atoms with Crippen molar-refractivity contribution in [3.63, 3.8) is 0 Å². The summed E-state index contributed by atoms with van der Waals surface area (Å²) in [4.78, 5) is 0. The molecule has 1 aromatic carbocycles. The number of hydrogen-bond acceptors (Lipinski definition) is 1. The van der Waals surface area contributed by atoms with Crippen LogP contribution in [0.5, 0.6) is 0 Å². The van der Waals surface area contributed by atoms with Gasteiger partial charge in [-0.25, -0.2) is 0 Å². The highest BCUT2D eigenvalue weighted by molar-refractivity contribution is 5.26. The van der Waals surface area contributed by atoms with Gasteiger partial charge >= 0.3 is 0 Å². The molecule has 0 saturated carbocycles. The fourth-order valence-corrected chi connectivity index (χ4v) is 2.24. The van der Waals surface area contributed by atoms with E-state index >= 15 is 0 Å². The minimum absolute atomic E-state index is 0.368. The Hall–Kier alpha value is -0.820. The Morgan fingerprint density at radius 1 is 0.947 bits per heavy atom. The van der Waals surface area contributed by atoms with Crippen molar-refractivity contribution in [1.29, 1.82) is 0 Å². The first-order chi connectivity index (χ1) is 8.75. The molecule has 0 bridgehead atoms. The second-order valence-corrected chi connectivity index (χ2v) is 7.17. The van der Waals surface area contributed by atoms with Gasteiger partial charge in [-0.05, 0) is 41.8 Å². The van der Waals surface area contributed by atoms with Gasteiger partial charge in [-0.2, -0.15) is 0 Å². The van der Waals surface area contributed by atoms with E-state index in [0.29, 0.717) is 23.3 Å². The highest BCUT2D eigenvalue weighted by Crippen LogP contribution is 2.33. The third-order valence-electron chi connectivity index (χ3n) is 4.42. The van der Waals surface area contributed by atoms with Crippen molar-refractivity contribution in [2.45, 2.75) is 59.9 Å². The first-order valence-electron chi connectivity index (χ1n) is 7.52. The van der Waals surface area contributed by atoms with E-state index in [1.165, 1.54) is 17.5 Å². The molecule has 0 aliphatic heterocycles. The Morgan fingerprint density at radius 2 is 1.42 bits per heavy atom. The van der Waals surface area contributed by atoms with E-state index in [2.05, 4.69) is 78.2 Å².